The summed E-state index contributed by atoms with van der Waals surface area (Å²) in [7, 11) is 1.57. The number of aromatic nitrogens is 2. The van der Waals surface area contributed by atoms with Crippen LogP contribution in [0.2, 0.25) is 0 Å². The predicted molar refractivity (Wildman–Crippen MR) is 72.5 cm³/mol. The highest BCUT2D eigenvalue weighted by Crippen LogP contribution is 2.31. The molecule has 1 unspecified atom stereocenters. The average molecular weight is 327 g/mol. The number of alkyl halides is 3. The quantitative estimate of drug-likeness (QED) is 0.862. The van der Waals surface area contributed by atoms with Gasteiger partial charge >= 0.3 is 12.1 Å². The lowest BCUT2D eigenvalue weighted by Crippen LogP contribution is -2.05. The van der Waals surface area contributed by atoms with Gasteiger partial charge in [0.05, 0.1) is 12.3 Å². The van der Waals surface area contributed by atoms with E-state index >= 15 is 0 Å². The van der Waals surface area contributed by atoms with Gasteiger partial charge in [-0.15, -0.1) is 0 Å². The second-order valence-corrected chi connectivity index (χ2v) is 4.93. The number of hydrogen-bond donors (Lipinski definition) is 0. The van der Waals surface area contributed by atoms with E-state index in [0.717, 1.165) is 11.3 Å². The molecule has 0 bridgehead atoms. The number of nitrogens with zero attached hydrogens (tertiary/aromatic N) is 3. The van der Waals surface area contributed by atoms with Crippen LogP contribution in [0, 0.1) is 0 Å². The molecule has 1 aliphatic rings. The third kappa shape index (κ3) is 3.34. The van der Waals surface area contributed by atoms with Crippen molar-refractivity contribution in [1.82, 2.24) is 10.1 Å². The minimum absolute atomic E-state index is 0.118. The van der Waals surface area contributed by atoms with E-state index in [-0.39, 0.29) is 11.9 Å². The summed E-state index contributed by atoms with van der Waals surface area (Å²) in [4.78, 5) is 8.65. The molecule has 9 heteroatoms. The molecule has 0 saturated heterocycles. The summed E-state index contributed by atoms with van der Waals surface area (Å²) in [6.07, 6.45) is -4.28. The highest BCUT2D eigenvalue weighted by Gasteiger charge is 2.38. The molecule has 6 nitrogen and oxygen atoms in total. The molecular weight excluding hydrogens is 315 g/mol. The summed E-state index contributed by atoms with van der Waals surface area (Å²) in [5.74, 6) is -1.49. The lowest BCUT2D eigenvalue weighted by Gasteiger charge is -2.08. The standard InChI is InChI=1S/C14H12F3N3O3/c1-21-7-10-6-11(22-19-10)8-2-4-9(5-3-8)12-18-13(23-20-12)14(15,16)17/h2-5,11H,6-7H2,1H3. The van der Waals surface area contributed by atoms with Gasteiger partial charge in [0.25, 0.3) is 0 Å². The molecule has 2 heterocycles. The number of rotatable bonds is 4. The number of ether oxygens (including phenoxy) is 1. The van der Waals surface area contributed by atoms with Crippen LogP contribution in [0.15, 0.2) is 33.9 Å². The van der Waals surface area contributed by atoms with Crippen molar-refractivity contribution in [3.63, 3.8) is 0 Å². The Hall–Kier alpha value is -2.42. The fourth-order valence-corrected chi connectivity index (χ4v) is 2.16. The Kier molecular flexibility index (Phi) is 4.03. The van der Waals surface area contributed by atoms with E-state index in [1.54, 1.807) is 31.4 Å². The van der Waals surface area contributed by atoms with E-state index in [4.69, 9.17) is 9.57 Å². The maximum Gasteiger partial charge on any atom is 0.471 e. The number of hydrogen-bond acceptors (Lipinski definition) is 6. The SMILES string of the molecule is COCC1=NOC(c2ccc(-c3noc(C(F)(F)F)n3)cc2)C1. The summed E-state index contributed by atoms with van der Waals surface area (Å²) in [6, 6.07) is 6.68. The molecule has 0 radical (unpaired) electrons. The molecule has 1 aliphatic heterocycles. The Morgan fingerprint density at radius 2 is 2.00 bits per heavy atom. The lowest BCUT2D eigenvalue weighted by molar-refractivity contribution is -0.159. The summed E-state index contributed by atoms with van der Waals surface area (Å²) < 4.78 is 46.5. The minimum Gasteiger partial charge on any atom is -0.387 e. The van der Waals surface area contributed by atoms with E-state index in [0.29, 0.717) is 18.6 Å². The zero-order chi connectivity index (χ0) is 16.4. The van der Waals surface area contributed by atoms with E-state index in [1.165, 1.54) is 0 Å². The van der Waals surface area contributed by atoms with Crippen LogP contribution in [-0.2, 0) is 15.8 Å². The van der Waals surface area contributed by atoms with E-state index in [2.05, 4.69) is 19.8 Å². The van der Waals surface area contributed by atoms with Gasteiger partial charge < -0.3 is 14.1 Å². The van der Waals surface area contributed by atoms with Crippen molar-refractivity contribution < 1.29 is 27.3 Å². The Balaban J connectivity index is 1.72. The van der Waals surface area contributed by atoms with Crippen LogP contribution >= 0.6 is 0 Å². The summed E-state index contributed by atoms with van der Waals surface area (Å²) in [5.41, 5.74) is 2.07. The van der Waals surface area contributed by atoms with Crippen LogP contribution in [0.5, 0.6) is 0 Å². The zero-order valence-electron chi connectivity index (χ0n) is 12.0. The Labute approximate surface area is 128 Å². The van der Waals surface area contributed by atoms with Crippen molar-refractivity contribution in [2.45, 2.75) is 18.7 Å². The van der Waals surface area contributed by atoms with Crippen molar-refractivity contribution in [1.29, 1.82) is 0 Å². The van der Waals surface area contributed by atoms with Gasteiger partial charge in [-0.2, -0.15) is 18.2 Å². The van der Waals surface area contributed by atoms with Crippen LogP contribution in [0.1, 0.15) is 24.0 Å². The van der Waals surface area contributed by atoms with Gasteiger partial charge in [-0.3, -0.25) is 0 Å². The second-order valence-electron chi connectivity index (χ2n) is 4.93. The predicted octanol–water partition coefficient (Wildman–Crippen LogP) is 3.22. The van der Waals surface area contributed by atoms with E-state index < -0.39 is 12.1 Å². The Morgan fingerprint density at radius 3 is 2.61 bits per heavy atom. The highest BCUT2D eigenvalue weighted by atomic mass is 19.4. The van der Waals surface area contributed by atoms with Crippen LogP contribution in [0.3, 0.4) is 0 Å². The van der Waals surface area contributed by atoms with Crippen LogP contribution in [0.25, 0.3) is 11.4 Å². The van der Waals surface area contributed by atoms with Gasteiger partial charge in [0.1, 0.15) is 0 Å². The number of methoxy groups -OCH3 is 1. The first-order valence-electron chi connectivity index (χ1n) is 6.69. The Morgan fingerprint density at radius 1 is 1.26 bits per heavy atom. The van der Waals surface area contributed by atoms with Gasteiger partial charge in [-0.25, -0.2) is 0 Å². The zero-order valence-corrected chi connectivity index (χ0v) is 12.0. The molecule has 0 aliphatic carbocycles. The molecule has 0 amide bonds. The average Bonchev–Trinajstić information content (AvgIpc) is 3.16. The molecule has 122 valence electrons. The van der Waals surface area contributed by atoms with Crippen LogP contribution in [-0.4, -0.2) is 29.6 Å². The molecule has 0 fully saturated rings. The molecule has 3 rings (SSSR count). The van der Waals surface area contributed by atoms with Gasteiger partial charge in [-0.1, -0.05) is 34.6 Å². The molecule has 1 atom stereocenters. The number of benzene rings is 1. The third-order valence-electron chi connectivity index (χ3n) is 3.25. The molecule has 23 heavy (non-hydrogen) atoms. The lowest BCUT2D eigenvalue weighted by atomic mass is 10.0. The summed E-state index contributed by atoms with van der Waals surface area (Å²) in [6.45, 7) is 0.400. The first-order chi connectivity index (χ1) is 11.0. The maximum absolute atomic E-state index is 12.4. The molecule has 1 aromatic heterocycles. The molecule has 0 saturated carbocycles. The van der Waals surface area contributed by atoms with Crippen molar-refractivity contribution >= 4 is 5.71 Å². The maximum atomic E-state index is 12.4. The van der Waals surface area contributed by atoms with Gasteiger partial charge in [0, 0.05) is 19.1 Å². The van der Waals surface area contributed by atoms with Gasteiger partial charge in [0.15, 0.2) is 6.10 Å². The minimum atomic E-state index is -4.65. The topological polar surface area (TPSA) is 69.7 Å². The smallest absolute Gasteiger partial charge is 0.387 e. The second kappa shape index (κ2) is 5.99. The first-order valence-corrected chi connectivity index (χ1v) is 6.69. The molecular formula is C14H12F3N3O3. The van der Waals surface area contributed by atoms with Gasteiger partial charge in [-0.05, 0) is 5.56 Å². The van der Waals surface area contributed by atoms with Crippen LogP contribution in [0.4, 0.5) is 13.2 Å². The molecule has 1 aromatic carbocycles. The molecule has 0 N–H and O–H groups in total. The summed E-state index contributed by atoms with van der Waals surface area (Å²) in [5, 5.41) is 7.26. The van der Waals surface area contributed by atoms with Crippen molar-refractivity contribution in [3.8, 4) is 11.4 Å². The van der Waals surface area contributed by atoms with Crippen molar-refractivity contribution in [3.05, 3.63) is 35.7 Å². The first kappa shape index (κ1) is 15.5. The summed E-state index contributed by atoms with van der Waals surface area (Å²) >= 11 is 0. The molecule has 0 spiro atoms. The van der Waals surface area contributed by atoms with Crippen LogP contribution < -0.4 is 0 Å². The van der Waals surface area contributed by atoms with Gasteiger partial charge in [0.2, 0.25) is 5.82 Å². The van der Waals surface area contributed by atoms with E-state index in [1.807, 2.05) is 0 Å². The van der Waals surface area contributed by atoms with Crippen molar-refractivity contribution in [2.75, 3.05) is 13.7 Å². The van der Waals surface area contributed by atoms with E-state index in [9.17, 15) is 13.2 Å². The fraction of sp³-hybridized carbons (Fsp3) is 0.357. The fourth-order valence-electron chi connectivity index (χ4n) is 2.16. The molecule has 2 aromatic rings. The third-order valence-corrected chi connectivity index (χ3v) is 3.25. The number of oxime groups is 1. The largest absolute Gasteiger partial charge is 0.471 e. The van der Waals surface area contributed by atoms with Crippen molar-refractivity contribution in [2.24, 2.45) is 5.16 Å². The normalized spacial score (nSPS) is 17.9. The Bertz CT molecular complexity index is 710. The number of halogens is 3. The monoisotopic (exact) mass is 327 g/mol. The highest BCUT2D eigenvalue weighted by molar-refractivity contribution is 5.86.